The Hall–Kier alpha value is -4.48. The van der Waals surface area contributed by atoms with E-state index in [2.05, 4.69) is 20.1 Å². The Morgan fingerprint density at radius 1 is 0.639 bits per heavy atom. The lowest BCUT2D eigenvalue weighted by molar-refractivity contribution is -0.148. The summed E-state index contributed by atoms with van der Waals surface area (Å²) in [7, 11) is 2.54. The lowest BCUT2D eigenvalue weighted by atomic mass is 10.3. The summed E-state index contributed by atoms with van der Waals surface area (Å²) in [4.78, 5) is 46.5. The third kappa shape index (κ3) is 9.41. The van der Waals surface area contributed by atoms with Gasteiger partial charge in [-0.3, -0.25) is 10.6 Å². The first-order valence-electron chi connectivity index (χ1n) is 10.8. The average molecular weight is 504 g/mol. The van der Waals surface area contributed by atoms with Gasteiger partial charge in [-0.05, 0) is 62.4 Å². The van der Waals surface area contributed by atoms with E-state index in [1.807, 2.05) is 0 Å². The average Bonchev–Trinajstić information content (AvgIpc) is 2.87. The van der Waals surface area contributed by atoms with Crippen molar-refractivity contribution in [2.24, 2.45) is 0 Å². The van der Waals surface area contributed by atoms with Crippen molar-refractivity contribution in [1.82, 2.24) is 0 Å². The van der Waals surface area contributed by atoms with Crippen LogP contribution in [-0.2, 0) is 28.5 Å². The molecule has 0 aliphatic carbocycles. The van der Waals surface area contributed by atoms with Crippen molar-refractivity contribution < 1.29 is 47.6 Å². The molecule has 0 radical (unpaired) electrons. The molecule has 2 atom stereocenters. The summed E-state index contributed by atoms with van der Waals surface area (Å²) in [6.45, 7) is 2.77. The van der Waals surface area contributed by atoms with Gasteiger partial charge in [-0.15, -0.1) is 0 Å². The van der Waals surface area contributed by atoms with E-state index in [0.29, 0.717) is 22.9 Å². The summed E-state index contributed by atoms with van der Waals surface area (Å²) in [6.07, 6.45) is -3.03. The van der Waals surface area contributed by atoms with Crippen LogP contribution in [0.3, 0.4) is 0 Å². The number of hydrogen-bond donors (Lipinski definition) is 2. The molecule has 0 bridgehead atoms. The van der Waals surface area contributed by atoms with Crippen molar-refractivity contribution >= 4 is 35.5 Å². The number of rotatable bonds is 11. The van der Waals surface area contributed by atoms with Crippen molar-refractivity contribution in [2.75, 3.05) is 38.1 Å². The molecule has 2 rings (SSSR count). The summed E-state index contributed by atoms with van der Waals surface area (Å²) in [5.74, 6) is -0.175. The molecule has 12 heteroatoms. The molecular weight excluding hydrogens is 476 g/mol. The van der Waals surface area contributed by atoms with Crippen LogP contribution in [0.25, 0.3) is 0 Å². The number of benzene rings is 2. The van der Waals surface area contributed by atoms with Crippen LogP contribution in [0.2, 0.25) is 0 Å². The highest BCUT2D eigenvalue weighted by Crippen LogP contribution is 2.18. The molecule has 36 heavy (non-hydrogen) atoms. The maximum atomic E-state index is 11.9. The van der Waals surface area contributed by atoms with Crippen LogP contribution < -0.4 is 20.1 Å². The summed E-state index contributed by atoms with van der Waals surface area (Å²) >= 11 is 0. The third-order valence-corrected chi connectivity index (χ3v) is 4.44. The normalized spacial score (nSPS) is 11.8. The Morgan fingerprint density at radius 3 is 1.28 bits per heavy atom. The second-order valence-electron chi connectivity index (χ2n) is 7.14. The third-order valence-electron chi connectivity index (χ3n) is 4.44. The summed E-state index contributed by atoms with van der Waals surface area (Å²) in [5, 5.41) is 5.02. The van der Waals surface area contributed by atoms with Gasteiger partial charge in [-0.1, -0.05) is 0 Å². The van der Waals surface area contributed by atoms with Gasteiger partial charge in [0.05, 0.1) is 14.2 Å². The molecule has 0 spiro atoms. The lowest BCUT2D eigenvalue weighted by Crippen LogP contribution is -2.24. The van der Waals surface area contributed by atoms with Gasteiger partial charge in [0.25, 0.3) is 0 Å². The molecule has 0 aromatic heterocycles. The molecule has 0 saturated carbocycles. The van der Waals surface area contributed by atoms with Crippen LogP contribution >= 0.6 is 0 Å². The number of anilines is 2. The Kier molecular flexibility index (Phi) is 10.8. The van der Waals surface area contributed by atoms with Crippen LogP contribution in [0, 0.1) is 0 Å². The van der Waals surface area contributed by atoms with Gasteiger partial charge in [0.1, 0.15) is 24.7 Å². The molecule has 2 unspecified atom stereocenters. The minimum atomic E-state index is -0.772. The number of carbonyl (C=O) groups excluding carboxylic acids is 4. The largest absolute Gasteiger partial charge is 0.479 e. The van der Waals surface area contributed by atoms with E-state index < -0.39 is 36.3 Å². The molecule has 2 N–H and O–H groups in total. The zero-order valence-corrected chi connectivity index (χ0v) is 20.3. The molecule has 0 saturated heterocycles. The van der Waals surface area contributed by atoms with Crippen LogP contribution in [-0.4, -0.2) is 63.8 Å². The number of ether oxygens (including phenoxy) is 6. The minimum absolute atomic E-state index is 0.171. The topological polar surface area (TPSA) is 148 Å². The predicted molar refractivity (Wildman–Crippen MR) is 127 cm³/mol. The van der Waals surface area contributed by atoms with E-state index in [1.165, 1.54) is 14.2 Å². The molecule has 2 aromatic carbocycles. The molecule has 0 heterocycles. The van der Waals surface area contributed by atoms with Gasteiger partial charge >= 0.3 is 24.1 Å². The zero-order chi connectivity index (χ0) is 26.5. The maximum Gasteiger partial charge on any atom is 0.411 e. The number of methoxy groups -OCH3 is 2. The Balaban J connectivity index is 1.66. The van der Waals surface area contributed by atoms with Crippen molar-refractivity contribution in [3.05, 3.63) is 48.5 Å². The second kappa shape index (κ2) is 14.0. The van der Waals surface area contributed by atoms with E-state index in [1.54, 1.807) is 62.4 Å². The first-order valence-corrected chi connectivity index (χ1v) is 10.8. The Labute approximate surface area is 207 Å². The maximum absolute atomic E-state index is 11.9. The molecule has 12 nitrogen and oxygen atoms in total. The first-order chi connectivity index (χ1) is 17.2. The van der Waals surface area contributed by atoms with Crippen molar-refractivity contribution in [1.29, 1.82) is 0 Å². The molecule has 2 aromatic rings. The fraction of sp³-hybridized carbons (Fsp3) is 0.333. The fourth-order valence-electron chi connectivity index (χ4n) is 2.65. The minimum Gasteiger partial charge on any atom is -0.479 e. The number of esters is 2. The van der Waals surface area contributed by atoms with Crippen molar-refractivity contribution in [3.63, 3.8) is 0 Å². The lowest BCUT2D eigenvalue weighted by Gasteiger charge is -2.13. The molecule has 0 aliphatic heterocycles. The van der Waals surface area contributed by atoms with Gasteiger partial charge < -0.3 is 28.4 Å². The Bertz CT molecular complexity index is 941. The monoisotopic (exact) mass is 504 g/mol. The highest BCUT2D eigenvalue weighted by Gasteiger charge is 2.15. The summed E-state index contributed by atoms with van der Waals surface area (Å²) < 4.78 is 29.9. The van der Waals surface area contributed by atoms with Crippen LogP contribution in [0.4, 0.5) is 21.0 Å². The number of carbonyl (C=O) groups is 4. The standard InChI is InChI=1S/C24H28N2O10/c1-15(21(27)31-3)35-19-9-5-17(6-10-19)25-23(29)33-13-14-34-24(30)26-18-7-11-20(12-8-18)36-16(2)22(28)32-4/h5-12,15-16H,13-14H2,1-4H3,(H,25,29)(H,26,30). The van der Waals surface area contributed by atoms with E-state index in [4.69, 9.17) is 18.9 Å². The number of hydrogen-bond acceptors (Lipinski definition) is 10. The van der Waals surface area contributed by atoms with Gasteiger partial charge in [-0.2, -0.15) is 0 Å². The summed E-state index contributed by atoms with van der Waals surface area (Å²) in [6, 6.07) is 12.5. The molecular formula is C24H28N2O10. The zero-order valence-electron chi connectivity index (χ0n) is 20.3. The molecule has 2 amide bonds. The molecule has 194 valence electrons. The quantitative estimate of drug-likeness (QED) is 0.265. The molecule has 0 fully saturated rings. The smallest absolute Gasteiger partial charge is 0.411 e. The first kappa shape index (κ1) is 27.8. The van der Waals surface area contributed by atoms with Crippen molar-refractivity contribution in [2.45, 2.75) is 26.1 Å². The number of nitrogens with one attached hydrogen (secondary N) is 2. The van der Waals surface area contributed by atoms with Gasteiger partial charge in [0.15, 0.2) is 12.2 Å². The van der Waals surface area contributed by atoms with Crippen LogP contribution in [0.15, 0.2) is 48.5 Å². The predicted octanol–water partition coefficient (Wildman–Crippen LogP) is 3.36. The van der Waals surface area contributed by atoms with E-state index in [0.717, 1.165) is 0 Å². The van der Waals surface area contributed by atoms with E-state index in [-0.39, 0.29) is 13.2 Å². The Morgan fingerprint density at radius 2 is 0.972 bits per heavy atom. The highest BCUT2D eigenvalue weighted by molar-refractivity contribution is 5.85. The number of amides is 2. The van der Waals surface area contributed by atoms with Gasteiger partial charge in [0, 0.05) is 11.4 Å². The second-order valence-corrected chi connectivity index (χ2v) is 7.14. The molecule has 0 aliphatic rings. The van der Waals surface area contributed by atoms with Gasteiger partial charge in [0.2, 0.25) is 0 Å². The highest BCUT2D eigenvalue weighted by atomic mass is 16.6. The van der Waals surface area contributed by atoms with Crippen LogP contribution in [0.5, 0.6) is 11.5 Å². The van der Waals surface area contributed by atoms with E-state index >= 15 is 0 Å². The van der Waals surface area contributed by atoms with E-state index in [9.17, 15) is 19.2 Å². The fourth-order valence-corrected chi connectivity index (χ4v) is 2.65. The van der Waals surface area contributed by atoms with Crippen LogP contribution in [0.1, 0.15) is 13.8 Å². The van der Waals surface area contributed by atoms with Gasteiger partial charge in [-0.25, -0.2) is 19.2 Å². The van der Waals surface area contributed by atoms with Crippen molar-refractivity contribution in [3.8, 4) is 11.5 Å². The summed E-state index contributed by atoms with van der Waals surface area (Å²) in [5.41, 5.74) is 0.871. The SMILES string of the molecule is COC(=O)C(C)Oc1ccc(NC(=O)OCCOC(=O)Nc2ccc(OC(C)C(=O)OC)cc2)cc1.